The predicted octanol–water partition coefficient (Wildman–Crippen LogP) is -0.564. The standard InChI is InChI=1S/C21H25N9O10P2S2/c22-15-7-1-2-29(16(7)25-5-24-15)19-12(32)13-9(38-19)3-35-41(43)39-14-11(31)8(4-36-42(34,44)40-13)37-20(14)30-6-26-10-17(30)27-21(23)28-18(10)33/h1-2,5-6,8-9,11-14,19-20,31-32,43H,3-4H2,(H,34,44)(H2,22,24,25)(H3,23,27,28,33). The summed E-state index contributed by atoms with van der Waals surface area (Å²) in [5.74, 6) is 0.0863. The van der Waals surface area contributed by atoms with Gasteiger partial charge >= 0.3 is 6.72 Å². The number of aliphatic hydroxyl groups is 2. The molecule has 0 radical (unpaired) electrons. The van der Waals surface area contributed by atoms with Gasteiger partial charge in [-0.15, -0.1) is 0 Å². The number of aromatic amines is 1. The highest BCUT2D eigenvalue weighted by Crippen LogP contribution is 2.53. The lowest BCUT2D eigenvalue weighted by Crippen LogP contribution is -2.36. The van der Waals surface area contributed by atoms with E-state index in [1.54, 1.807) is 16.8 Å². The first kappa shape index (κ1) is 30.3. The van der Waals surface area contributed by atoms with E-state index in [1.807, 2.05) is 0 Å². The number of nitrogens with one attached hydrogen (secondary N) is 1. The van der Waals surface area contributed by atoms with Crippen molar-refractivity contribution < 1.29 is 42.7 Å². The summed E-state index contributed by atoms with van der Waals surface area (Å²) in [6.45, 7) is -4.75. The van der Waals surface area contributed by atoms with Crippen molar-refractivity contribution in [1.82, 2.24) is 34.1 Å². The second-order valence-corrected chi connectivity index (χ2v) is 14.8. The van der Waals surface area contributed by atoms with Crippen LogP contribution in [0, 0.1) is 0 Å². The van der Waals surface area contributed by atoms with E-state index in [4.69, 9.17) is 50.8 Å². The predicted molar refractivity (Wildman–Crippen MR) is 158 cm³/mol. The first-order chi connectivity index (χ1) is 21.0. The summed E-state index contributed by atoms with van der Waals surface area (Å²) in [4.78, 5) is 42.2. The summed E-state index contributed by atoms with van der Waals surface area (Å²) in [5, 5.41) is 23.0. The van der Waals surface area contributed by atoms with E-state index < -0.39 is 75.5 Å². The molecule has 7 heterocycles. The van der Waals surface area contributed by atoms with E-state index in [0.29, 0.717) is 11.0 Å². The van der Waals surface area contributed by atoms with Crippen LogP contribution < -0.4 is 17.0 Å². The number of aromatic nitrogens is 7. The molecule has 0 aliphatic carbocycles. The number of H-pyrrole nitrogens is 1. The lowest BCUT2D eigenvalue weighted by Gasteiger charge is -2.27. The zero-order chi connectivity index (χ0) is 30.9. The minimum atomic E-state index is -4.08. The molecule has 0 saturated carbocycles. The van der Waals surface area contributed by atoms with Crippen molar-refractivity contribution in [2.24, 2.45) is 0 Å². The number of imidazole rings is 1. The van der Waals surface area contributed by atoms with Gasteiger partial charge in [-0.3, -0.25) is 18.9 Å². The molecule has 4 aromatic heterocycles. The summed E-state index contributed by atoms with van der Waals surface area (Å²) >= 11 is 9.70. The molecule has 7 rings (SSSR count). The Morgan fingerprint density at radius 2 is 1.86 bits per heavy atom. The van der Waals surface area contributed by atoms with Gasteiger partial charge < -0.3 is 54.2 Å². The lowest BCUT2D eigenvalue weighted by molar-refractivity contribution is -0.0565. The summed E-state index contributed by atoms with van der Waals surface area (Å²) in [6, 6.07) is 1.67. The Morgan fingerprint density at radius 3 is 2.68 bits per heavy atom. The van der Waals surface area contributed by atoms with Gasteiger partial charge in [0, 0.05) is 6.20 Å². The topological polar surface area (TPSA) is 262 Å². The number of fused-ring (bicyclic) bond motifs is 5. The quantitative estimate of drug-likeness (QED) is 0.103. The van der Waals surface area contributed by atoms with Crippen molar-refractivity contribution in [3.8, 4) is 0 Å². The number of nitrogens with two attached hydrogens (primary N) is 2. The first-order valence-electron chi connectivity index (χ1n) is 12.9. The second kappa shape index (κ2) is 11.5. The molecule has 3 aliphatic heterocycles. The Balaban J connectivity index is 1.18. The fourth-order valence-corrected chi connectivity index (χ4v) is 8.10. The fourth-order valence-electron chi connectivity index (χ4n) is 5.36. The van der Waals surface area contributed by atoms with Crippen LogP contribution in [-0.2, 0) is 39.4 Å². The molecule has 8 N–H and O–H groups in total. The van der Waals surface area contributed by atoms with E-state index in [-0.39, 0.29) is 29.5 Å². The number of nitrogens with zero attached hydrogens (tertiary/aromatic N) is 6. The SMILES string of the molecule is Nc1nc2c(ncn2C2OC3COP(O)(=S)OC4C(COP(S)OC2C3O)OC(n2ccc3c(N)ncnc32)C4O)c(=O)[nH]1. The van der Waals surface area contributed by atoms with Gasteiger partial charge in [0.15, 0.2) is 23.6 Å². The Morgan fingerprint density at radius 1 is 1.07 bits per heavy atom. The van der Waals surface area contributed by atoms with E-state index in [2.05, 4.69) is 37.2 Å². The maximum Gasteiger partial charge on any atom is 0.325 e. The largest absolute Gasteiger partial charge is 0.387 e. The summed E-state index contributed by atoms with van der Waals surface area (Å²) in [6.07, 6.45) is -5.13. The van der Waals surface area contributed by atoms with E-state index in [1.165, 1.54) is 17.2 Å². The second-order valence-electron chi connectivity index (χ2n) is 10.0. The van der Waals surface area contributed by atoms with Crippen LogP contribution in [0.3, 0.4) is 0 Å². The highest BCUT2D eigenvalue weighted by Gasteiger charge is 2.51. The number of hydrogen-bond acceptors (Lipinski definition) is 17. The number of ether oxygens (including phenoxy) is 2. The van der Waals surface area contributed by atoms with Gasteiger partial charge in [-0.05, 0) is 17.9 Å². The van der Waals surface area contributed by atoms with Gasteiger partial charge in [-0.25, -0.2) is 15.0 Å². The van der Waals surface area contributed by atoms with Crippen LogP contribution >= 0.6 is 26.5 Å². The summed E-state index contributed by atoms with van der Waals surface area (Å²) < 4.78 is 38.3. The zero-order valence-corrected chi connectivity index (χ0v) is 25.6. The summed E-state index contributed by atoms with van der Waals surface area (Å²) in [5.41, 5.74) is 11.6. The molecule has 4 aromatic rings. The van der Waals surface area contributed by atoms with Crippen LogP contribution in [0.4, 0.5) is 11.8 Å². The average molecular weight is 690 g/mol. The molecule has 0 aromatic carbocycles. The first-order valence-corrected chi connectivity index (χ1v) is 17.8. The molecule has 3 aliphatic rings. The van der Waals surface area contributed by atoms with Crippen molar-refractivity contribution in [3.05, 3.63) is 35.3 Å². The van der Waals surface area contributed by atoms with Crippen molar-refractivity contribution >= 4 is 72.3 Å². The third kappa shape index (κ3) is 5.30. The van der Waals surface area contributed by atoms with Crippen LogP contribution in [-0.4, -0.2) is 99.0 Å². The summed E-state index contributed by atoms with van der Waals surface area (Å²) in [7, 11) is -2.02. The number of nitrogen functional groups attached to an aromatic ring is 2. The van der Waals surface area contributed by atoms with Crippen LogP contribution in [0.25, 0.3) is 22.2 Å². The van der Waals surface area contributed by atoms with Crippen LogP contribution in [0.1, 0.15) is 12.5 Å². The van der Waals surface area contributed by atoms with E-state index in [9.17, 15) is 19.9 Å². The molecule has 10 unspecified atom stereocenters. The van der Waals surface area contributed by atoms with Crippen LogP contribution in [0.15, 0.2) is 29.7 Å². The minimum Gasteiger partial charge on any atom is -0.387 e. The molecular weight excluding hydrogens is 664 g/mol. The van der Waals surface area contributed by atoms with E-state index >= 15 is 0 Å². The molecule has 3 saturated heterocycles. The van der Waals surface area contributed by atoms with Crippen molar-refractivity contribution in [2.45, 2.75) is 49.1 Å². The molecular formula is C21H25N9O10P2S2. The zero-order valence-electron chi connectivity index (χ0n) is 22.1. The lowest BCUT2D eigenvalue weighted by atomic mass is 10.1. The maximum absolute atomic E-state index is 12.3. The van der Waals surface area contributed by atoms with Gasteiger partial charge in [-0.2, -0.15) is 4.98 Å². The highest BCUT2D eigenvalue weighted by atomic mass is 32.7. The molecule has 19 nitrogen and oxygen atoms in total. The maximum atomic E-state index is 12.3. The van der Waals surface area contributed by atoms with Crippen molar-refractivity contribution in [1.29, 1.82) is 0 Å². The molecule has 0 amide bonds. The third-order valence-electron chi connectivity index (χ3n) is 7.38. The smallest absolute Gasteiger partial charge is 0.325 e. The number of anilines is 2. The van der Waals surface area contributed by atoms with Gasteiger partial charge in [0.25, 0.3) is 5.56 Å². The average Bonchev–Trinajstić information content (AvgIpc) is 3.72. The van der Waals surface area contributed by atoms with Gasteiger partial charge in [0.2, 0.25) is 13.5 Å². The Kier molecular flexibility index (Phi) is 7.89. The number of thiol groups is 1. The number of hydrogen-bond donors (Lipinski definition) is 7. The number of aliphatic hydroxyl groups excluding tert-OH is 2. The fraction of sp³-hybridized carbons (Fsp3) is 0.476. The Labute approximate surface area is 257 Å². The number of rotatable bonds is 2. The molecule has 2 bridgehead atoms. The Hall–Kier alpha value is -2.36. The van der Waals surface area contributed by atoms with Crippen LogP contribution in [0.2, 0.25) is 0 Å². The molecule has 3 fully saturated rings. The van der Waals surface area contributed by atoms with E-state index in [0.717, 1.165) is 0 Å². The molecule has 0 spiro atoms. The molecule has 10 atom stereocenters. The van der Waals surface area contributed by atoms with Gasteiger partial charge in [0.05, 0.1) is 24.9 Å². The molecule has 44 heavy (non-hydrogen) atoms. The van der Waals surface area contributed by atoms with Crippen molar-refractivity contribution in [3.63, 3.8) is 0 Å². The highest BCUT2D eigenvalue weighted by molar-refractivity contribution is 8.41. The van der Waals surface area contributed by atoms with Crippen molar-refractivity contribution in [2.75, 3.05) is 24.7 Å². The van der Waals surface area contributed by atoms with Crippen LogP contribution in [0.5, 0.6) is 0 Å². The third-order valence-corrected chi connectivity index (χ3v) is 10.4. The molecule has 23 heteroatoms. The van der Waals surface area contributed by atoms with Gasteiger partial charge in [0.1, 0.15) is 54.4 Å². The molecule has 236 valence electrons. The monoisotopic (exact) mass is 689 g/mol. The normalized spacial score (nSPS) is 36.6. The van der Waals surface area contributed by atoms with Gasteiger partial charge in [-0.1, -0.05) is 12.2 Å². The minimum absolute atomic E-state index is 0.0176. The Bertz CT molecular complexity index is 1830.